The van der Waals surface area contributed by atoms with Crippen molar-refractivity contribution >= 4 is 17.5 Å². The maximum atomic E-state index is 12.1. The van der Waals surface area contributed by atoms with Gasteiger partial charge in [-0.25, -0.2) is 0 Å². The summed E-state index contributed by atoms with van der Waals surface area (Å²) in [5.74, 6) is 0.278. The molecule has 1 aromatic rings. The number of hydrogen-bond donors (Lipinski definition) is 2. The van der Waals surface area contributed by atoms with E-state index < -0.39 is 0 Å². The van der Waals surface area contributed by atoms with Gasteiger partial charge in [-0.1, -0.05) is 29.8 Å². The normalized spacial score (nSPS) is 18.3. The van der Waals surface area contributed by atoms with Crippen LogP contribution >= 0.6 is 11.6 Å². The molecule has 0 bridgehead atoms. The topological polar surface area (TPSA) is 41.1 Å². The van der Waals surface area contributed by atoms with Crippen LogP contribution in [0.1, 0.15) is 31.4 Å². The second-order valence-corrected chi connectivity index (χ2v) is 5.18. The molecule has 98 valence electrons. The standard InChI is InChI=1S/C14H19ClN2O/c1-10(12-4-2-3-5-13(12)15)17-14(18)11-6-8-16-9-7-11/h2-5,10-11,16H,6-9H2,1H3,(H,17,18)/t10-/m0/s1. The molecule has 1 amide bonds. The third-order valence-electron chi connectivity index (χ3n) is 3.44. The number of halogens is 1. The van der Waals surface area contributed by atoms with Gasteiger partial charge in [0.1, 0.15) is 0 Å². The average molecular weight is 267 g/mol. The Morgan fingerprint density at radius 3 is 2.72 bits per heavy atom. The first kappa shape index (κ1) is 13.4. The number of piperidine rings is 1. The summed E-state index contributed by atoms with van der Waals surface area (Å²) in [6.07, 6.45) is 1.84. The fourth-order valence-corrected chi connectivity index (χ4v) is 2.62. The lowest BCUT2D eigenvalue weighted by Gasteiger charge is -2.24. The van der Waals surface area contributed by atoms with Gasteiger partial charge in [-0.3, -0.25) is 4.79 Å². The lowest BCUT2D eigenvalue weighted by molar-refractivity contribution is -0.126. The summed E-state index contributed by atoms with van der Waals surface area (Å²) in [7, 11) is 0. The van der Waals surface area contributed by atoms with Crippen molar-refractivity contribution in [1.29, 1.82) is 0 Å². The molecule has 2 N–H and O–H groups in total. The van der Waals surface area contributed by atoms with Gasteiger partial charge in [0, 0.05) is 10.9 Å². The van der Waals surface area contributed by atoms with E-state index >= 15 is 0 Å². The van der Waals surface area contributed by atoms with E-state index in [4.69, 9.17) is 11.6 Å². The van der Waals surface area contributed by atoms with Crippen LogP contribution in [0.3, 0.4) is 0 Å². The van der Waals surface area contributed by atoms with Crippen molar-refractivity contribution in [2.24, 2.45) is 5.92 Å². The van der Waals surface area contributed by atoms with Crippen molar-refractivity contribution in [3.8, 4) is 0 Å². The van der Waals surface area contributed by atoms with Crippen molar-refractivity contribution in [3.05, 3.63) is 34.9 Å². The number of carbonyl (C=O) groups excluding carboxylic acids is 1. The highest BCUT2D eigenvalue weighted by Crippen LogP contribution is 2.23. The van der Waals surface area contributed by atoms with E-state index in [-0.39, 0.29) is 17.9 Å². The number of nitrogens with one attached hydrogen (secondary N) is 2. The van der Waals surface area contributed by atoms with Crippen LogP contribution in [-0.4, -0.2) is 19.0 Å². The van der Waals surface area contributed by atoms with E-state index in [0.29, 0.717) is 5.02 Å². The number of hydrogen-bond acceptors (Lipinski definition) is 2. The van der Waals surface area contributed by atoms with E-state index in [1.165, 1.54) is 0 Å². The Bertz CT molecular complexity index is 416. The largest absolute Gasteiger partial charge is 0.349 e. The zero-order valence-corrected chi connectivity index (χ0v) is 11.3. The van der Waals surface area contributed by atoms with Crippen molar-refractivity contribution in [1.82, 2.24) is 10.6 Å². The SMILES string of the molecule is C[C@H](NC(=O)C1CCNCC1)c1ccccc1Cl. The quantitative estimate of drug-likeness (QED) is 0.883. The molecule has 0 aliphatic carbocycles. The second-order valence-electron chi connectivity index (χ2n) is 4.78. The number of benzene rings is 1. The van der Waals surface area contributed by atoms with Crippen LogP contribution in [-0.2, 0) is 4.79 Å². The highest BCUT2D eigenvalue weighted by Gasteiger charge is 2.22. The lowest BCUT2D eigenvalue weighted by Crippen LogP contribution is -2.39. The summed E-state index contributed by atoms with van der Waals surface area (Å²) in [6, 6.07) is 7.60. The monoisotopic (exact) mass is 266 g/mol. The average Bonchev–Trinajstić information content (AvgIpc) is 2.40. The first-order valence-corrected chi connectivity index (χ1v) is 6.82. The molecule has 0 spiro atoms. The van der Waals surface area contributed by atoms with Gasteiger partial charge in [0.15, 0.2) is 0 Å². The van der Waals surface area contributed by atoms with Crippen LogP contribution in [0.25, 0.3) is 0 Å². The first-order chi connectivity index (χ1) is 8.68. The molecule has 0 aromatic heterocycles. The molecule has 1 heterocycles. The Labute approximate surface area is 113 Å². The predicted octanol–water partition coefficient (Wildman–Crippen LogP) is 2.52. The Balaban J connectivity index is 1.96. The summed E-state index contributed by atoms with van der Waals surface area (Å²) in [5.41, 5.74) is 0.974. The summed E-state index contributed by atoms with van der Waals surface area (Å²) in [5, 5.41) is 7.02. The minimum Gasteiger partial charge on any atom is -0.349 e. The predicted molar refractivity (Wildman–Crippen MR) is 73.6 cm³/mol. The Hall–Kier alpha value is -1.06. The third kappa shape index (κ3) is 3.24. The summed E-state index contributed by atoms with van der Waals surface area (Å²) in [6.45, 7) is 3.83. The zero-order chi connectivity index (χ0) is 13.0. The molecule has 4 heteroatoms. The maximum Gasteiger partial charge on any atom is 0.223 e. The molecule has 1 atom stereocenters. The summed E-state index contributed by atoms with van der Waals surface area (Å²) < 4.78 is 0. The van der Waals surface area contributed by atoms with Gasteiger partial charge >= 0.3 is 0 Å². The summed E-state index contributed by atoms with van der Waals surface area (Å²) >= 11 is 6.13. The van der Waals surface area contributed by atoms with Crippen LogP contribution in [0, 0.1) is 5.92 Å². The van der Waals surface area contributed by atoms with E-state index in [2.05, 4.69) is 10.6 Å². The molecule has 2 rings (SSSR count). The van der Waals surface area contributed by atoms with Gasteiger partial charge in [0.05, 0.1) is 6.04 Å². The molecular formula is C14H19ClN2O. The van der Waals surface area contributed by atoms with Gasteiger partial charge < -0.3 is 10.6 Å². The van der Waals surface area contributed by atoms with Gasteiger partial charge in [-0.15, -0.1) is 0 Å². The Kier molecular flexibility index (Phi) is 4.61. The van der Waals surface area contributed by atoms with Gasteiger partial charge in [-0.05, 0) is 44.5 Å². The minimum absolute atomic E-state index is 0.0407. The van der Waals surface area contributed by atoms with Crippen molar-refractivity contribution in [3.63, 3.8) is 0 Å². The highest BCUT2D eigenvalue weighted by atomic mass is 35.5. The molecule has 18 heavy (non-hydrogen) atoms. The molecule has 0 unspecified atom stereocenters. The van der Waals surface area contributed by atoms with Crippen LogP contribution in [0.15, 0.2) is 24.3 Å². The van der Waals surface area contributed by atoms with Crippen molar-refractivity contribution < 1.29 is 4.79 Å². The van der Waals surface area contributed by atoms with E-state index in [9.17, 15) is 4.79 Å². The van der Waals surface area contributed by atoms with Gasteiger partial charge in [0.25, 0.3) is 0 Å². The van der Waals surface area contributed by atoms with Crippen LogP contribution in [0.5, 0.6) is 0 Å². The van der Waals surface area contributed by atoms with Gasteiger partial charge in [0.2, 0.25) is 5.91 Å². The molecule has 3 nitrogen and oxygen atoms in total. The maximum absolute atomic E-state index is 12.1. The van der Waals surface area contributed by atoms with Gasteiger partial charge in [-0.2, -0.15) is 0 Å². The molecule has 1 saturated heterocycles. The molecular weight excluding hydrogens is 248 g/mol. The lowest BCUT2D eigenvalue weighted by atomic mass is 9.96. The van der Waals surface area contributed by atoms with Crippen LogP contribution in [0.4, 0.5) is 0 Å². The molecule has 1 aromatic carbocycles. The fourth-order valence-electron chi connectivity index (χ4n) is 2.32. The summed E-state index contributed by atoms with van der Waals surface area (Å²) in [4.78, 5) is 12.1. The van der Waals surface area contributed by atoms with E-state index in [0.717, 1.165) is 31.5 Å². The van der Waals surface area contributed by atoms with Crippen molar-refractivity contribution in [2.75, 3.05) is 13.1 Å². The van der Waals surface area contributed by atoms with E-state index in [1.54, 1.807) is 0 Å². The molecule has 1 fully saturated rings. The number of rotatable bonds is 3. The minimum atomic E-state index is -0.0407. The number of carbonyl (C=O) groups is 1. The highest BCUT2D eigenvalue weighted by molar-refractivity contribution is 6.31. The van der Waals surface area contributed by atoms with Crippen LogP contribution in [0.2, 0.25) is 5.02 Å². The first-order valence-electron chi connectivity index (χ1n) is 6.44. The Morgan fingerprint density at radius 2 is 2.06 bits per heavy atom. The smallest absolute Gasteiger partial charge is 0.223 e. The van der Waals surface area contributed by atoms with Crippen LogP contribution < -0.4 is 10.6 Å². The fraction of sp³-hybridized carbons (Fsp3) is 0.500. The number of amides is 1. The Morgan fingerprint density at radius 1 is 1.39 bits per heavy atom. The van der Waals surface area contributed by atoms with Crippen molar-refractivity contribution in [2.45, 2.75) is 25.8 Å². The second kappa shape index (κ2) is 6.21. The zero-order valence-electron chi connectivity index (χ0n) is 10.6. The van der Waals surface area contributed by atoms with E-state index in [1.807, 2.05) is 31.2 Å². The third-order valence-corrected chi connectivity index (χ3v) is 3.78. The molecule has 0 saturated carbocycles. The molecule has 1 aliphatic heterocycles. The molecule has 1 aliphatic rings. The molecule has 0 radical (unpaired) electrons.